The molecule has 1 atom stereocenters. The zero-order valence-electron chi connectivity index (χ0n) is 15.8. The standard InChI is InChI=1S/C20H23N5O2/c1-13-22-16-12-27-19-7-5-4-6-14(19)10-15(16)20(23-13)24-17(11-26-3)18-8-9-21-25(18)2/h4-9,17H,10-12H2,1-3H3,(H,22,23,24)/t17-/m0/s1. The summed E-state index contributed by atoms with van der Waals surface area (Å²) in [4.78, 5) is 9.33. The molecule has 0 saturated carbocycles. The van der Waals surface area contributed by atoms with Crippen LogP contribution in [0.15, 0.2) is 36.5 Å². The van der Waals surface area contributed by atoms with Crippen LogP contribution in [0.5, 0.6) is 5.75 Å². The Kier molecular flexibility index (Phi) is 4.77. The molecule has 4 rings (SSSR count). The summed E-state index contributed by atoms with van der Waals surface area (Å²) in [5.41, 5.74) is 4.15. The highest BCUT2D eigenvalue weighted by molar-refractivity contribution is 5.53. The van der Waals surface area contributed by atoms with Crippen LogP contribution in [0.1, 0.15) is 34.4 Å². The number of nitrogens with zero attached hydrogens (tertiary/aromatic N) is 4. The van der Waals surface area contributed by atoms with E-state index in [9.17, 15) is 0 Å². The van der Waals surface area contributed by atoms with E-state index < -0.39 is 0 Å². The summed E-state index contributed by atoms with van der Waals surface area (Å²) in [5, 5.41) is 7.84. The van der Waals surface area contributed by atoms with Crippen molar-refractivity contribution in [3.63, 3.8) is 0 Å². The average molecular weight is 365 g/mol. The first-order valence-electron chi connectivity index (χ1n) is 8.96. The Morgan fingerprint density at radius 1 is 1.26 bits per heavy atom. The molecule has 27 heavy (non-hydrogen) atoms. The van der Waals surface area contributed by atoms with Gasteiger partial charge in [-0.3, -0.25) is 4.68 Å². The van der Waals surface area contributed by atoms with E-state index in [0.717, 1.165) is 40.5 Å². The van der Waals surface area contributed by atoms with Crippen LogP contribution in [0.25, 0.3) is 0 Å². The maximum Gasteiger partial charge on any atom is 0.134 e. The number of anilines is 1. The topological polar surface area (TPSA) is 74.1 Å². The van der Waals surface area contributed by atoms with Gasteiger partial charge in [-0.05, 0) is 24.6 Å². The molecule has 3 heterocycles. The van der Waals surface area contributed by atoms with Gasteiger partial charge in [-0.1, -0.05) is 18.2 Å². The lowest BCUT2D eigenvalue weighted by Gasteiger charge is -2.21. The molecule has 1 aliphatic heterocycles. The molecule has 0 radical (unpaired) electrons. The Hall–Kier alpha value is -2.93. The number of hydrogen-bond donors (Lipinski definition) is 1. The molecule has 0 spiro atoms. The Labute approximate surface area is 158 Å². The van der Waals surface area contributed by atoms with Crippen LogP contribution in [-0.2, 0) is 24.8 Å². The van der Waals surface area contributed by atoms with Gasteiger partial charge in [-0.2, -0.15) is 5.10 Å². The number of fused-ring (bicyclic) bond motifs is 2. The van der Waals surface area contributed by atoms with Crippen molar-refractivity contribution in [1.82, 2.24) is 19.7 Å². The largest absolute Gasteiger partial charge is 0.487 e. The van der Waals surface area contributed by atoms with E-state index in [1.165, 1.54) is 0 Å². The molecule has 2 aromatic heterocycles. The van der Waals surface area contributed by atoms with E-state index >= 15 is 0 Å². The monoisotopic (exact) mass is 365 g/mol. The lowest BCUT2D eigenvalue weighted by molar-refractivity contribution is 0.184. The van der Waals surface area contributed by atoms with E-state index in [2.05, 4.69) is 21.5 Å². The molecule has 0 unspecified atom stereocenters. The van der Waals surface area contributed by atoms with Crippen molar-refractivity contribution in [1.29, 1.82) is 0 Å². The maximum absolute atomic E-state index is 5.97. The SMILES string of the molecule is COC[C@H](Nc1nc(C)nc2c1Cc1ccccc1OC2)c1ccnn1C. The molecule has 7 heteroatoms. The number of para-hydroxylation sites is 1. The van der Waals surface area contributed by atoms with Crippen LogP contribution < -0.4 is 10.1 Å². The van der Waals surface area contributed by atoms with Gasteiger partial charge in [0.05, 0.1) is 24.0 Å². The first-order chi connectivity index (χ1) is 13.2. The van der Waals surface area contributed by atoms with Gasteiger partial charge >= 0.3 is 0 Å². The lowest BCUT2D eigenvalue weighted by Crippen LogP contribution is -2.22. The molecular formula is C20H23N5O2. The van der Waals surface area contributed by atoms with Crippen molar-refractivity contribution in [2.24, 2.45) is 7.05 Å². The molecule has 1 aliphatic rings. The Balaban J connectivity index is 1.73. The van der Waals surface area contributed by atoms with Gasteiger partial charge in [0.1, 0.15) is 24.0 Å². The molecular weight excluding hydrogens is 342 g/mol. The van der Waals surface area contributed by atoms with Crippen LogP contribution in [0, 0.1) is 6.92 Å². The van der Waals surface area contributed by atoms with Gasteiger partial charge in [0.15, 0.2) is 0 Å². The van der Waals surface area contributed by atoms with Gasteiger partial charge in [-0.25, -0.2) is 9.97 Å². The zero-order valence-corrected chi connectivity index (χ0v) is 15.8. The average Bonchev–Trinajstić information content (AvgIpc) is 2.99. The van der Waals surface area contributed by atoms with Gasteiger partial charge in [0.2, 0.25) is 0 Å². The molecule has 0 fully saturated rings. The van der Waals surface area contributed by atoms with E-state index in [1.54, 1.807) is 13.3 Å². The van der Waals surface area contributed by atoms with E-state index in [1.807, 2.05) is 42.9 Å². The third-order valence-corrected chi connectivity index (χ3v) is 4.77. The third-order valence-electron chi connectivity index (χ3n) is 4.77. The summed E-state index contributed by atoms with van der Waals surface area (Å²) in [6, 6.07) is 10.0. The summed E-state index contributed by atoms with van der Waals surface area (Å²) < 4.78 is 13.3. The smallest absolute Gasteiger partial charge is 0.134 e. The Morgan fingerprint density at radius 2 is 2.11 bits per heavy atom. The van der Waals surface area contributed by atoms with Crippen molar-refractivity contribution in [3.05, 3.63) is 64.9 Å². The predicted molar refractivity (Wildman–Crippen MR) is 102 cm³/mol. The Bertz CT molecular complexity index is 953. The highest BCUT2D eigenvalue weighted by Crippen LogP contribution is 2.32. The predicted octanol–water partition coefficient (Wildman–Crippen LogP) is 2.80. The molecule has 0 bridgehead atoms. The molecule has 3 aromatic rings. The second-order valence-electron chi connectivity index (χ2n) is 6.65. The van der Waals surface area contributed by atoms with Crippen molar-refractivity contribution in [3.8, 4) is 5.75 Å². The van der Waals surface area contributed by atoms with Crippen molar-refractivity contribution in [2.75, 3.05) is 19.0 Å². The minimum absolute atomic E-state index is 0.0692. The molecule has 140 valence electrons. The Morgan fingerprint density at radius 3 is 2.89 bits per heavy atom. The number of ether oxygens (including phenoxy) is 2. The van der Waals surface area contributed by atoms with Crippen LogP contribution in [0.4, 0.5) is 5.82 Å². The molecule has 7 nitrogen and oxygen atoms in total. The van der Waals surface area contributed by atoms with Crippen molar-refractivity contribution in [2.45, 2.75) is 26.0 Å². The second-order valence-corrected chi connectivity index (χ2v) is 6.65. The third kappa shape index (κ3) is 3.50. The number of aromatic nitrogens is 4. The number of rotatable bonds is 5. The first-order valence-corrected chi connectivity index (χ1v) is 8.96. The second kappa shape index (κ2) is 7.36. The van der Waals surface area contributed by atoms with Crippen molar-refractivity contribution < 1.29 is 9.47 Å². The highest BCUT2D eigenvalue weighted by atomic mass is 16.5. The highest BCUT2D eigenvalue weighted by Gasteiger charge is 2.23. The fourth-order valence-electron chi connectivity index (χ4n) is 3.46. The molecule has 0 amide bonds. The zero-order chi connectivity index (χ0) is 18.8. The van der Waals surface area contributed by atoms with Gasteiger partial charge < -0.3 is 14.8 Å². The summed E-state index contributed by atoms with van der Waals surface area (Å²) in [6.07, 6.45) is 2.51. The van der Waals surface area contributed by atoms with E-state index in [-0.39, 0.29) is 6.04 Å². The normalized spacial score (nSPS) is 13.9. The fraction of sp³-hybridized carbons (Fsp3) is 0.350. The molecule has 0 saturated heterocycles. The summed E-state index contributed by atoms with van der Waals surface area (Å²) in [6.45, 7) is 2.84. The number of nitrogens with one attached hydrogen (secondary N) is 1. The number of hydrogen-bond acceptors (Lipinski definition) is 6. The van der Waals surface area contributed by atoms with Gasteiger partial charge in [0.25, 0.3) is 0 Å². The minimum Gasteiger partial charge on any atom is -0.487 e. The maximum atomic E-state index is 5.97. The molecule has 0 aliphatic carbocycles. The minimum atomic E-state index is -0.0692. The molecule has 1 aromatic carbocycles. The van der Waals surface area contributed by atoms with Crippen LogP contribution in [0.3, 0.4) is 0 Å². The lowest BCUT2D eigenvalue weighted by atomic mass is 10.0. The van der Waals surface area contributed by atoms with Gasteiger partial charge in [-0.15, -0.1) is 0 Å². The fourth-order valence-corrected chi connectivity index (χ4v) is 3.46. The van der Waals surface area contributed by atoms with Crippen LogP contribution in [0.2, 0.25) is 0 Å². The summed E-state index contributed by atoms with van der Waals surface area (Å²) in [7, 11) is 3.62. The van der Waals surface area contributed by atoms with E-state index in [0.29, 0.717) is 19.0 Å². The van der Waals surface area contributed by atoms with Crippen molar-refractivity contribution >= 4 is 5.82 Å². The first kappa shape index (κ1) is 17.5. The number of methoxy groups -OCH3 is 1. The van der Waals surface area contributed by atoms with E-state index in [4.69, 9.17) is 14.5 Å². The number of aryl methyl sites for hydroxylation is 2. The quantitative estimate of drug-likeness (QED) is 0.749. The number of benzene rings is 1. The van der Waals surface area contributed by atoms with Gasteiger partial charge in [0, 0.05) is 32.3 Å². The van der Waals surface area contributed by atoms with Crippen LogP contribution in [-0.4, -0.2) is 33.5 Å². The summed E-state index contributed by atoms with van der Waals surface area (Å²) in [5.74, 6) is 2.44. The summed E-state index contributed by atoms with van der Waals surface area (Å²) >= 11 is 0. The van der Waals surface area contributed by atoms with Crippen LogP contribution >= 0.6 is 0 Å². The molecule has 1 N–H and O–H groups in total.